The molecule has 0 saturated carbocycles. The molecule has 6 aromatic rings. The summed E-state index contributed by atoms with van der Waals surface area (Å²) in [5.74, 6) is 20.6. The SMILES string of the molecule is CC(C)c1cccc(C(C)C)c1N1C(=O)c2cc(C#CC(C)(C)C)c3c4cccc5c(C#CC(C)(C)C)ccc(c6c(C#CC(C)(C)C)cc(c2c36)C1=O)c54. The molecule has 3 heteroatoms. The number of fused-ring (bicyclic) bond motifs is 2. The summed E-state index contributed by atoms with van der Waals surface area (Å²) in [5.41, 5.74) is 5.32. The highest BCUT2D eigenvalue weighted by Crippen LogP contribution is 2.48. The zero-order chi connectivity index (χ0) is 39.9. The summed E-state index contributed by atoms with van der Waals surface area (Å²) in [6.45, 7) is 27.4. The van der Waals surface area contributed by atoms with Crippen LogP contribution in [0.2, 0.25) is 0 Å². The van der Waals surface area contributed by atoms with Crippen LogP contribution in [0.25, 0.3) is 43.1 Å². The molecule has 0 fully saturated rings. The third-order valence-corrected chi connectivity index (χ3v) is 10.1. The van der Waals surface area contributed by atoms with Crippen molar-refractivity contribution in [1.29, 1.82) is 0 Å². The van der Waals surface area contributed by atoms with Gasteiger partial charge in [0.2, 0.25) is 0 Å². The van der Waals surface area contributed by atoms with E-state index in [2.05, 4.69) is 156 Å². The number of hydrogen-bond acceptors (Lipinski definition) is 2. The topological polar surface area (TPSA) is 37.4 Å². The molecule has 0 N–H and O–H groups in total. The number of carbonyl (C=O) groups is 2. The van der Waals surface area contributed by atoms with Crippen molar-refractivity contribution >= 4 is 60.6 Å². The molecule has 0 saturated heterocycles. The Morgan fingerprint density at radius 3 is 1.35 bits per heavy atom. The lowest BCUT2D eigenvalue weighted by Gasteiger charge is -2.33. The minimum atomic E-state index is -0.325. The number of carbonyl (C=O) groups excluding carboxylic acids is 2. The molecular weight excluding hydrogens is 671 g/mol. The summed E-state index contributed by atoms with van der Waals surface area (Å²) >= 11 is 0. The second kappa shape index (κ2) is 13.0. The molecule has 3 nitrogen and oxygen atoms in total. The minimum Gasteiger partial charge on any atom is -0.268 e. The molecule has 276 valence electrons. The van der Waals surface area contributed by atoms with Crippen LogP contribution in [0.15, 0.2) is 60.7 Å². The van der Waals surface area contributed by atoms with Crippen LogP contribution >= 0.6 is 0 Å². The summed E-state index contributed by atoms with van der Waals surface area (Å²) in [6, 6.07) is 20.7. The average Bonchev–Trinajstić information content (AvgIpc) is 3.09. The molecule has 0 unspecified atom stereocenters. The van der Waals surface area contributed by atoms with Gasteiger partial charge < -0.3 is 0 Å². The maximum atomic E-state index is 15.2. The fraction of sp³-hybridized carbons (Fsp3) is 0.346. The van der Waals surface area contributed by atoms with Gasteiger partial charge in [0, 0.05) is 54.5 Å². The number of amides is 2. The zero-order valence-electron chi connectivity index (χ0n) is 34.7. The number of para-hydroxylation sites is 1. The predicted molar refractivity (Wildman–Crippen MR) is 232 cm³/mol. The highest BCUT2D eigenvalue weighted by Gasteiger charge is 2.39. The van der Waals surface area contributed by atoms with Crippen LogP contribution in [0.4, 0.5) is 5.69 Å². The Balaban J connectivity index is 1.73. The Morgan fingerprint density at radius 1 is 0.473 bits per heavy atom. The lowest BCUT2D eigenvalue weighted by molar-refractivity contribution is 0.0893. The van der Waals surface area contributed by atoms with Gasteiger partial charge in [0.05, 0.1) is 16.8 Å². The van der Waals surface area contributed by atoms with Gasteiger partial charge in [0.15, 0.2) is 0 Å². The van der Waals surface area contributed by atoms with E-state index in [1.165, 1.54) is 4.90 Å². The number of benzene rings is 6. The molecule has 0 atom stereocenters. The lowest BCUT2D eigenvalue weighted by Crippen LogP contribution is -2.42. The van der Waals surface area contributed by atoms with E-state index in [-0.39, 0.29) is 39.9 Å². The fourth-order valence-electron chi connectivity index (χ4n) is 7.73. The van der Waals surface area contributed by atoms with Crippen molar-refractivity contribution in [3.05, 3.63) is 99.6 Å². The predicted octanol–water partition coefficient (Wildman–Crippen LogP) is 13.0. The van der Waals surface area contributed by atoms with Gasteiger partial charge in [-0.15, -0.1) is 0 Å². The first-order chi connectivity index (χ1) is 25.7. The van der Waals surface area contributed by atoms with Gasteiger partial charge >= 0.3 is 0 Å². The second-order valence-electron chi connectivity index (χ2n) is 18.9. The van der Waals surface area contributed by atoms with Crippen molar-refractivity contribution in [2.45, 2.75) is 102 Å². The van der Waals surface area contributed by atoms with Gasteiger partial charge in [-0.1, -0.05) is 106 Å². The lowest BCUT2D eigenvalue weighted by atomic mass is 9.79. The molecule has 0 radical (unpaired) electrons. The van der Waals surface area contributed by atoms with Crippen LogP contribution in [0, 0.1) is 51.8 Å². The number of imide groups is 1. The first-order valence-corrected chi connectivity index (χ1v) is 19.5. The van der Waals surface area contributed by atoms with Gasteiger partial charge in [0.1, 0.15) is 0 Å². The van der Waals surface area contributed by atoms with Crippen molar-refractivity contribution in [3.63, 3.8) is 0 Å². The zero-order valence-corrected chi connectivity index (χ0v) is 34.7. The van der Waals surface area contributed by atoms with Crippen molar-refractivity contribution < 1.29 is 9.59 Å². The van der Waals surface area contributed by atoms with Crippen LogP contribution in [0.3, 0.4) is 0 Å². The van der Waals surface area contributed by atoms with E-state index in [0.717, 1.165) is 65.5 Å². The van der Waals surface area contributed by atoms with Gasteiger partial charge in [-0.3, -0.25) is 9.59 Å². The molecular formula is C52H51NO2. The van der Waals surface area contributed by atoms with Gasteiger partial charge in [-0.25, -0.2) is 4.90 Å². The monoisotopic (exact) mass is 721 g/mol. The molecule has 0 bridgehead atoms. The highest BCUT2D eigenvalue weighted by molar-refractivity contribution is 6.43. The number of hydrogen-bond donors (Lipinski definition) is 0. The molecule has 2 amide bonds. The highest BCUT2D eigenvalue weighted by atomic mass is 16.2. The second-order valence-corrected chi connectivity index (χ2v) is 18.9. The summed E-state index contributed by atoms with van der Waals surface area (Å²) in [7, 11) is 0. The van der Waals surface area contributed by atoms with Gasteiger partial charge in [0.25, 0.3) is 11.8 Å². The van der Waals surface area contributed by atoms with Crippen LogP contribution in [-0.4, -0.2) is 11.8 Å². The van der Waals surface area contributed by atoms with Gasteiger partial charge in [-0.05, 0) is 125 Å². The first kappa shape index (κ1) is 37.7. The normalized spacial score (nSPS) is 13.5. The Hall–Kier alpha value is -5.56. The molecule has 0 aliphatic carbocycles. The minimum absolute atomic E-state index is 0.0856. The van der Waals surface area contributed by atoms with E-state index in [1.807, 2.05) is 30.3 Å². The average molecular weight is 722 g/mol. The third kappa shape index (κ3) is 6.64. The summed E-state index contributed by atoms with van der Waals surface area (Å²) in [6.07, 6.45) is 0. The van der Waals surface area contributed by atoms with Crippen LogP contribution in [-0.2, 0) is 0 Å². The fourth-order valence-corrected chi connectivity index (χ4v) is 7.73. The van der Waals surface area contributed by atoms with Crippen molar-refractivity contribution in [2.75, 3.05) is 4.90 Å². The maximum Gasteiger partial charge on any atom is 0.266 e. The molecule has 55 heavy (non-hydrogen) atoms. The Labute approximate surface area is 327 Å². The van der Waals surface area contributed by atoms with Crippen molar-refractivity contribution in [2.24, 2.45) is 16.2 Å². The van der Waals surface area contributed by atoms with Crippen LogP contribution in [0.1, 0.15) is 150 Å². The molecule has 1 aliphatic heterocycles. The molecule has 6 aromatic carbocycles. The molecule has 0 aromatic heterocycles. The van der Waals surface area contributed by atoms with Crippen LogP contribution in [0.5, 0.6) is 0 Å². The Kier molecular flexibility index (Phi) is 8.95. The van der Waals surface area contributed by atoms with Crippen molar-refractivity contribution in [3.8, 4) is 35.5 Å². The quantitative estimate of drug-likeness (QED) is 0.0790. The van der Waals surface area contributed by atoms with E-state index in [1.54, 1.807) is 0 Å². The van der Waals surface area contributed by atoms with E-state index >= 15 is 9.59 Å². The first-order valence-electron chi connectivity index (χ1n) is 19.5. The van der Waals surface area contributed by atoms with E-state index in [9.17, 15) is 0 Å². The summed E-state index contributed by atoms with van der Waals surface area (Å²) in [5, 5.41) is 7.58. The maximum absolute atomic E-state index is 15.2. The molecule has 1 aliphatic rings. The summed E-state index contributed by atoms with van der Waals surface area (Å²) in [4.78, 5) is 31.9. The van der Waals surface area contributed by atoms with Crippen molar-refractivity contribution in [1.82, 2.24) is 0 Å². The number of nitrogens with zero attached hydrogens (tertiary/aromatic N) is 1. The van der Waals surface area contributed by atoms with E-state index in [4.69, 9.17) is 0 Å². The Bertz CT molecular complexity index is 2680. The van der Waals surface area contributed by atoms with E-state index in [0.29, 0.717) is 22.2 Å². The Morgan fingerprint density at radius 2 is 0.891 bits per heavy atom. The third-order valence-electron chi connectivity index (χ3n) is 10.1. The van der Waals surface area contributed by atoms with E-state index < -0.39 is 0 Å². The largest absolute Gasteiger partial charge is 0.268 e. The summed E-state index contributed by atoms with van der Waals surface area (Å²) < 4.78 is 0. The molecule has 0 spiro atoms. The molecule has 7 rings (SSSR count). The van der Waals surface area contributed by atoms with Crippen LogP contribution < -0.4 is 4.90 Å². The van der Waals surface area contributed by atoms with Gasteiger partial charge in [-0.2, -0.15) is 0 Å². The standard InChI is InChI=1S/C52H51NO2/c1-30(2)35-16-14-17-36(31(3)4)47(35)53-48(54)40-28-33(23-26-51(8,9)10)42-38-19-15-18-37-32(22-25-50(5,6)7)20-21-39(44(37)38)43-34(24-27-52(11,12)13)29-41(49(53)55)45(40)46(42)43/h14-21,28-31H,1-13H3. The number of anilines is 1. The number of rotatable bonds is 3. The molecule has 1 heterocycles. The smallest absolute Gasteiger partial charge is 0.266 e.